The van der Waals surface area contributed by atoms with Gasteiger partial charge in [-0.25, -0.2) is 0 Å². The second kappa shape index (κ2) is 6.47. The highest BCUT2D eigenvalue weighted by Gasteiger charge is 2.04. The van der Waals surface area contributed by atoms with E-state index in [0.29, 0.717) is 17.4 Å². The summed E-state index contributed by atoms with van der Waals surface area (Å²) in [6, 6.07) is 11.3. The van der Waals surface area contributed by atoms with Crippen LogP contribution < -0.4 is 10.1 Å². The van der Waals surface area contributed by atoms with E-state index >= 15 is 0 Å². The molecule has 1 N–H and O–H groups in total. The number of ether oxygens (including phenoxy) is 1. The van der Waals surface area contributed by atoms with E-state index in [2.05, 4.69) is 12.2 Å². The minimum absolute atomic E-state index is 0.385. The smallest absolute Gasteiger partial charge is 0.146 e. The maximum atomic E-state index is 6.00. The molecule has 4 heteroatoms. The van der Waals surface area contributed by atoms with Crippen LogP contribution in [0.5, 0.6) is 5.75 Å². The van der Waals surface area contributed by atoms with Crippen LogP contribution >= 0.6 is 11.6 Å². The zero-order valence-corrected chi connectivity index (χ0v) is 11.0. The molecule has 1 aromatic carbocycles. The van der Waals surface area contributed by atoms with E-state index in [-0.39, 0.29) is 0 Å². The standard InChI is InChI=1S/C14H16ClNO2/c1-2-16-9-11-7-8-12(18-11)10-17-14-6-4-3-5-13(14)15/h3-8,16H,2,9-10H2,1H3. The predicted octanol–water partition coefficient (Wildman–Crippen LogP) is 3.62. The number of furan rings is 1. The number of rotatable bonds is 6. The van der Waals surface area contributed by atoms with Crippen molar-refractivity contribution in [2.45, 2.75) is 20.1 Å². The molecule has 0 unspecified atom stereocenters. The quantitative estimate of drug-likeness (QED) is 0.866. The van der Waals surface area contributed by atoms with E-state index < -0.39 is 0 Å². The third-order valence-corrected chi connectivity index (χ3v) is 2.79. The molecule has 0 atom stereocenters. The summed E-state index contributed by atoms with van der Waals surface area (Å²) in [4.78, 5) is 0. The summed E-state index contributed by atoms with van der Waals surface area (Å²) < 4.78 is 11.2. The Balaban J connectivity index is 1.90. The monoisotopic (exact) mass is 265 g/mol. The molecule has 2 aromatic rings. The molecule has 1 heterocycles. The van der Waals surface area contributed by atoms with Crippen LogP contribution in [0.15, 0.2) is 40.8 Å². The number of halogens is 1. The van der Waals surface area contributed by atoms with Crippen LogP contribution in [-0.2, 0) is 13.2 Å². The topological polar surface area (TPSA) is 34.4 Å². The van der Waals surface area contributed by atoms with Gasteiger partial charge in [0.25, 0.3) is 0 Å². The van der Waals surface area contributed by atoms with Crippen molar-refractivity contribution in [1.29, 1.82) is 0 Å². The van der Waals surface area contributed by atoms with Crippen molar-refractivity contribution in [3.8, 4) is 5.75 Å². The summed E-state index contributed by atoms with van der Waals surface area (Å²) in [5.74, 6) is 2.38. The van der Waals surface area contributed by atoms with Gasteiger partial charge in [0.1, 0.15) is 23.9 Å². The molecule has 0 bridgehead atoms. The second-order valence-corrected chi connectivity index (χ2v) is 4.27. The molecule has 0 radical (unpaired) electrons. The number of hydrogen-bond acceptors (Lipinski definition) is 3. The molecule has 0 fully saturated rings. The van der Waals surface area contributed by atoms with Crippen molar-refractivity contribution in [1.82, 2.24) is 5.32 Å². The lowest BCUT2D eigenvalue weighted by Gasteiger charge is -2.05. The van der Waals surface area contributed by atoms with Gasteiger partial charge in [-0.3, -0.25) is 0 Å². The van der Waals surface area contributed by atoms with Crippen LogP contribution in [0.4, 0.5) is 0 Å². The fourth-order valence-corrected chi connectivity index (χ4v) is 1.74. The fourth-order valence-electron chi connectivity index (χ4n) is 1.55. The zero-order chi connectivity index (χ0) is 12.8. The molecule has 3 nitrogen and oxygen atoms in total. The van der Waals surface area contributed by atoms with E-state index in [1.165, 1.54) is 0 Å². The van der Waals surface area contributed by atoms with Gasteiger partial charge in [-0.1, -0.05) is 30.7 Å². The van der Waals surface area contributed by atoms with E-state index in [0.717, 1.165) is 24.6 Å². The third-order valence-electron chi connectivity index (χ3n) is 2.47. The Morgan fingerprint density at radius 1 is 1.17 bits per heavy atom. The highest BCUT2D eigenvalue weighted by Crippen LogP contribution is 2.24. The Kier molecular flexibility index (Phi) is 4.67. The maximum Gasteiger partial charge on any atom is 0.146 e. The Morgan fingerprint density at radius 2 is 1.94 bits per heavy atom. The molecular weight excluding hydrogens is 250 g/mol. The molecule has 0 aliphatic heterocycles. The Bertz CT molecular complexity index is 496. The molecule has 0 saturated heterocycles. The Hall–Kier alpha value is -1.45. The lowest BCUT2D eigenvalue weighted by molar-refractivity contribution is 0.265. The minimum atomic E-state index is 0.385. The highest BCUT2D eigenvalue weighted by atomic mass is 35.5. The van der Waals surface area contributed by atoms with Gasteiger partial charge in [0, 0.05) is 0 Å². The first kappa shape index (κ1) is 13.0. The zero-order valence-electron chi connectivity index (χ0n) is 10.3. The molecular formula is C14H16ClNO2. The molecule has 96 valence electrons. The number of para-hydroxylation sites is 1. The molecule has 0 amide bonds. The Labute approximate surface area is 112 Å². The van der Waals surface area contributed by atoms with E-state index in [9.17, 15) is 0 Å². The van der Waals surface area contributed by atoms with Crippen LogP contribution in [0.3, 0.4) is 0 Å². The molecule has 18 heavy (non-hydrogen) atoms. The summed E-state index contributed by atoms with van der Waals surface area (Å²) in [7, 11) is 0. The largest absolute Gasteiger partial charge is 0.484 e. The van der Waals surface area contributed by atoms with Crippen molar-refractivity contribution in [2.75, 3.05) is 6.54 Å². The van der Waals surface area contributed by atoms with Crippen LogP contribution in [0.25, 0.3) is 0 Å². The summed E-state index contributed by atoms with van der Waals surface area (Å²) in [5.41, 5.74) is 0. The van der Waals surface area contributed by atoms with Gasteiger partial charge in [-0.2, -0.15) is 0 Å². The van der Waals surface area contributed by atoms with Crippen LogP contribution in [0, 0.1) is 0 Å². The van der Waals surface area contributed by atoms with Gasteiger partial charge in [0.05, 0.1) is 11.6 Å². The van der Waals surface area contributed by atoms with Gasteiger partial charge in [0.2, 0.25) is 0 Å². The predicted molar refractivity (Wildman–Crippen MR) is 71.9 cm³/mol. The van der Waals surface area contributed by atoms with Crippen molar-refractivity contribution in [3.63, 3.8) is 0 Å². The van der Waals surface area contributed by atoms with Crippen molar-refractivity contribution in [2.24, 2.45) is 0 Å². The molecule has 0 aliphatic carbocycles. The summed E-state index contributed by atoms with van der Waals surface area (Å²) in [6.45, 7) is 4.11. The number of hydrogen-bond donors (Lipinski definition) is 1. The van der Waals surface area contributed by atoms with Gasteiger partial charge >= 0.3 is 0 Å². The summed E-state index contributed by atoms with van der Waals surface area (Å²) in [6.07, 6.45) is 0. The maximum absolute atomic E-state index is 6.00. The van der Waals surface area contributed by atoms with Gasteiger partial charge < -0.3 is 14.5 Å². The van der Waals surface area contributed by atoms with E-state index in [4.69, 9.17) is 20.8 Å². The van der Waals surface area contributed by atoms with Gasteiger partial charge in [-0.15, -0.1) is 0 Å². The number of benzene rings is 1. The van der Waals surface area contributed by atoms with Crippen LogP contribution in [-0.4, -0.2) is 6.54 Å². The van der Waals surface area contributed by atoms with Gasteiger partial charge in [0.15, 0.2) is 0 Å². The average Bonchev–Trinajstić information content (AvgIpc) is 2.83. The summed E-state index contributed by atoms with van der Waals surface area (Å²) >= 11 is 6.00. The van der Waals surface area contributed by atoms with Crippen LogP contribution in [0.1, 0.15) is 18.4 Å². The van der Waals surface area contributed by atoms with Crippen molar-refractivity contribution >= 4 is 11.6 Å². The van der Waals surface area contributed by atoms with Gasteiger partial charge in [-0.05, 0) is 30.8 Å². The lowest BCUT2D eigenvalue weighted by atomic mass is 10.3. The number of nitrogens with one attached hydrogen (secondary N) is 1. The van der Waals surface area contributed by atoms with E-state index in [1.54, 1.807) is 6.07 Å². The average molecular weight is 266 g/mol. The summed E-state index contributed by atoms with van der Waals surface area (Å²) in [5, 5.41) is 3.81. The van der Waals surface area contributed by atoms with Crippen LogP contribution in [0.2, 0.25) is 5.02 Å². The van der Waals surface area contributed by atoms with E-state index in [1.807, 2.05) is 30.3 Å². The first-order chi connectivity index (χ1) is 8.79. The lowest BCUT2D eigenvalue weighted by Crippen LogP contribution is -2.10. The second-order valence-electron chi connectivity index (χ2n) is 3.87. The first-order valence-electron chi connectivity index (χ1n) is 5.95. The highest BCUT2D eigenvalue weighted by molar-refractivity contribution is 6.32. The Morgan fingerprint density at radius 3 is 2.72 bits per heavy atom. The normalized spacial score (nSPS) is 10.6. The molecule has 1 aromatic heterocycles. The SMILES string of the molecule is CCNCc1ccc(COc2ccccc2Cl)o1. The van der Waals surface area contributed by atoms with Crippen molar-refractivity contribution < 1.29 is 9.15 Å². The van der Waals surface area contributed by atoms with Crippen molar-refractivity contribution in [3.05, 3.63) is 52.9 Å². The first-order valence-corrected chi connectivity index (χ1v) is 6.33. The molecule has 2 rings (SSSR count). The molecule has 0 saturated carbocycles. The third kappa shape index (κ3) is 3.52. The molecule has 0 aliphatic rings. The fraction of sp³-hybridized carbons (Fsp3) is 0.286. The molecule has 0 spiro atoms. The minimum Gasteiger partial charge on any atom is -0.484 e.